The number of amides is 1. The molecule has 0 fully saturated rings. The molecule has 30 heavy (non-hydrogen) atoms. The molecule has 2 aromatic heterocycles. The number of hydrogen-bond donors (Lipinski definition) is 0. The van der Waals surface area contributed by atoms with Crippen LogP contribution in [-0.4, -0.2) is 39.7 Å². The second-order valence-corrected chi connectivity index (χ2v) is 7.06. The van der Waals surface area contributed by atoms with Crippen LogP contribution in [0, 0.1) is 6.92 Å². The number of carbonyl (C=O) groups excluding carboxylic acids is 2. The minimum atomic E-state index is -0.773. The fraction of sp³-hybridized carbons (Fsp3) is 0.381. The van der Waals surface area contributed by atoms with Crippen LogP contribution in [-0.2, 0) is 16.0 Å². The van der Waals surface area contributed by atoms with E-state index in [1.54, 1.807) is 18.7 Å². The molecule has 0 saturated carbocycles. The van der Waals surface area contributed by atoms with Crippen molar-refractivity contribution in [3.05, 3.63) is 51.7 Å². The lowest BCUT2D eigenvalue weighted by Gasteiger charge is -2.25. The summed E-state index contributed by atoms with van der Waals surface area (Å²) in [7, 11) is 0. The van der Waals surface area contributed by atoms with Gasteiger partial charge in [-0.15, -0.1) is 0 Å². The molecule has 0 N–H and O–H groups in total. The Balaban J connectivity index is 1.81. The van der Waals surface area contributed by atoms with E-state index < -0.39 is 17.6 Å². The van der Waals surface area contributed by atoms with Gasteiger partial charge in [0.05, 0.1) is 6.61 Å². The van der Waals surface area contributed by atoms with Crippen LogP contribution in [0.2, 0.25) is 0 Å². The van der Waals surface area contributed by atoms with Gasteiger partial charge in [-0.1, -0.05) is 30.3 Å². The number of aryl methyl sites for hydroxylation is 1. The second-order valence-electron chi connectivity index (χ2n) is 7.06. The molecule has 0 saturated heterocycles. The molecule has 3 heterocycles. The number of ether oxygens (including phenoxy) is 1. The largest absolute Gasteiger partial charge is 0.461 e. The molecule has 0 radical (unpaired) electrons. The average Bonchev–Trinajstić information content (AvgIpc) is 3.35. The zero-order valence-electron chi connectivity index (χ0n) is 17.0. The number of anilines is 1. The molecule has 0 spiro atoms. The van der Waals surface area contributed by atoms with Gasteiger partial charge < -0.3 is 14.2 Å². The molecule has 0 unspecified atom stereocenters. The third-order valence-corrected chi connectivity index (χ3v) is 5.32. The van der Waals surface area contributed by atoms with Crippen LogP contribution in [0.5, 0.6) is 0 Å². The fourth-order valence-electron chi connectivity index (χ4n) is 3.94. The van der Waals surface area contributed by atoms with E-state index in [1.165, 1.54) is 4.57 Å². The highest BCUT2D eigenvalue weighted by atomic mass is 16.5. The monoisotopic (exact) mass is 410 g/mol. The van der Waals surface area contributed by atoms with Crippen LogP contribution in [0.4, 0.5) is 5.69 Å². The molecule has 0 bridgehead atoms. The molecule has 9 heteroatoms. The van der Waals surface area contributed by atoms with E-state index in [1.807, 2.05) is 31.2 Å². The topological polar surface area (TPSA) is 108 Å². The molecule has 9 nitrogen and oxygen atoms in total. The maximum absolute atomic E-state index is 13.4. The zero-order chi connectivity index (χ0) is 21.4. The Kier molecular flexibility index (Phi) is 5.11. The Morgan fingerprint density at radius 1 is 1.27 bits per heavy atom. The number of aromatic nitrogens is 3. The minimum Gasteiger partial charge on any atom is -0.461 e. The number of esters is 1. The van der Waals surface area contributed by atoms with Crippen molar-refractivity contribution in [3.8, 4) is 0 Å². The number of para-hydroxylation sites is 1. The highest BCUT2D eigenvalue weighted by Gasteiger charge is 2.33. The van der Waals surface area contributed by atoms with Crippen LogP contribution in [0.1, 0.15) is 48.2 Å². The fourth-order valence-corrected chi connectivity index (χ4v) is 3.94. The summed E-state index contributed by atoms with van der Waals surface area (Å²) in [5.74, 6) is -0.645. The quantitative estimate of drug-likeness (QED) is 0.594. The summed E-state index contributed by atoms with van der Waals surface area (Å²) in [6.07, 6.45) is 1.15. The van der Waals surface area contributed by atoms with Gasteiger partial charge in [0, 0.05) is 12.2 Å². The van der Waals surface area contributed by atoms with E-state index in [4.69, 9.17) is 9.26 Å². The van der Waals surface area contributed by atoms with Crippen molar-refractivity contribution in [1.29, 1.82) is 0 Å². The first-order valence-corrected chi connectivity index (χ1v) is 9.92. The van der Waals surface area contributed by atoms with Crippen molar-refractivity contribution in [3.63, 3.8) is 0 Å². The normalized spacial score (nSPS) is 14.0. The smallest absolute Gasteiger partial charge is 0.361 e. The molecule has 1 atom stereocenters. The summed E-state index contributed by atoms with van der Waals surface area (Å²) < 4.78 is 11.4. The number of fused-ring (bicyclic) bond motifs is 2. The third-order valence-electron chi connectivity index (χ3n) is 5.32. The lowest BCUT2D eigenvalue weighted by molar-refractivity contribution is -0.121. The molecular weight excluding hydrogens is 388 g/mol. The summed E-state index contributed by atoms with van der Waals surface area (Å²) in [6, 6.07) is 6.96. The molecule has 0 aliphatic carbocycles. The van der Waals surface area contributed by atoms with Gasteiger partial charge >= 0.3 is 5.97 Å². The standard InChI is InChI=1S/C21H22N4O5/c1-4-14(19(26)24-11-10-13-8-6-7-9-15(13)24)25-12(3)22-18-16(20(25)27)17(23-30-18)21(28)29-5-2/h6-9,14H,4-5,10-11H2,1-3H3/t14-/m1/s1. The van der Waals surface area contributed by atoms with Gasteiger partial charge in [0.25, 0.3) is 11.3 Å². The van der Waals surface area contributed by atoms with Crippen LogP contribution in [0.25, 0.3) is 11.1 Å². The molecule has 1 amide bonds. The van der Waals surface area contributed by atoms with E-state index in [2.05, 4.69) is 10.1 Å². The van der Waals surface area contributed by atoms with Crippen molar-refractivity contribution in [1.82, 2.24) is 14.7 Å². The van der Waals surface area contributed by atoms with E-state index in [-0.39, 0.29) is 29.3 Å². The van der Waals surface area contributed by atoms with Gasteiger partial charge in [0.2, 0.25) is 11.6 Å². The van der Waals surface area contributed by atoms with Crippen molar-refractivity contribution in [2.24, 2.45) is 0 Å². The van der Waals surface area contributed by atoms with Crippen LogP contribution in [0.15, 0.2) is 33.6 Å². The minimum absolute atomic E-state index is 0.0503. The Hall–Kier alpha value is -3.49. The zero-order valence-corrected chi connectivity index (χ0v) is 17.0. The van der Waals surface area contributed by atoms with Gasteiger partial charge in [0.15, 0.2) is 0 Å². The number of hydrogen-bond acceptors (Lipinski definition) is 7. The molecule has 1 aromatic carbocycles. The third kappa shape index (κ3) is 3.06. The first-order valence-electron chi connectivity index (χ1n) is 9.92. The molecule has 3 aromatic rings. The Morgan fingerprint density at radius 3 is 2.77 bits per heavy atom. The average molecular weight is 410 g/mol. The summed E-state index contributed by atoms with van der Waals surface area (Å²) >= 11 is 0. The summed E-state index contributed by atoms with van der Waals surface area (Å²) in [6.45, 7) is 5.80. The highest BCUT2D eigenvalue weighted by molar-refractivity contribution is 6.00. The summed E-state index contributed by atoms with van der Waals surface area (Å²) in [5, 5.41) is 3.60. The number of nitrogens with zero attached hydrogens (tertiary/aromatic N) is 4. The van der Waals surface area contributed by atoms with E-state index in [0.29, 0.717) is 18.8 Å². The van der Waals surface area contributed by atoms with Crippen LogP contribution < -0.4 is 10.5 Å². The predicted molar refractivity (Wildman–Crippen MR) is 109 cm³/mol. The Bertz CT molecular complexity index is 1200. The Labute approximate surface area is 172 Å². The number of benzene rings is 1. The van der Waals surface area contributed by atoms with E-state index >= 15 is 0 Å². The van der Waals surface area contributed by atoms with Gasteiger partial charge in [-0.05, 0) is 38.3 Å². The summed E-state index contributed by atoms with van der Waals surface area (Å²) in [5.41, 5.74) is 1.13. The highest BCUT2D eigenvalue weighted by Crippen LogP contribution is 2.30. The van der Waals surface area contributed by atoms with E-state index in [9.17, 15) is 14.4 Å². The van der Waals surface area contributed by atoms with Crippen molar-refractivity contribution in [2.45, 2.75) is 39.7 Å². The lowest BCUT2D eigenvalue weighted by Crippen LogP contribution is -2.40. The maximum Gasteiger partial charge on any atom is 0.361 e. The van der Waals surface area contributed by atoms with Crippen molar-refractivity contribution >= 4 is 28.7 Å². The molecule has 1 aliphatic heterocycles. The molecule has 1 aliphatic rings. The maximum atomic E-state index is 13.4. The summed E-state index contributed by atoms with van der Waals surface area (Å²) in [4.78, 5) is 45.0. The molecular formula is C21H22N4O5. The first kappa shape index (κ1) is 19.8. The van der Waals surface area contributed by atoms with E-state index in [0.717, 1.165) is 17.7 Å². The number of carbonyl (C=O) groups is 2. The lowest BCUT2D eigenvalue weighted by atomic mass is 10.1. The number of rotatable bonds is 5. The molecule has 4 rings (SSSR count). The second kappa shape index (κ2) is 7.74. The van der Waals surface area contributed by atoms with Crippen molar-refractivity contribution < 1.29 is 18.8 Å². The van der Waals surface area contributed by atoms with Gasteiger partial charge in [-0.3, -0.25) is 14.2 Å². The van der Waals surface area contributed by atoms with Gasteiger partial charge in [-0.25, -0.2) is 4.79 Å². The SMILES string of the molecule is CCOC(=O)c1noc2nc(C)n([C@H](CC)C(=O)N3CCc4ccccc43)c(=O)c12. The van der Waals surface area contributed by atoms with Crippen LogP contribution >= 0.6 is 0 Å². The molecule has 156 valence electrons. The Morgan fingerprint density at radius 2 is 2.03 bits per heavy atom. The first-order chi connectivity index (χ1) is 14.5. The van der Waals surface area contributed by atoms with Crippen molar-refractivity contribution in [2.75, 3.05) is 18.1 Å². The predicted octanol–water partition coefficient (Wildman–Crippen LogP) is 2.41. The van der Waals surface area contributed by atoms with Gasteiger partial charge in [-0.2, -0.15) is 4.98 Å². The van der Waals surface area contributed by atoms with Gasteiger partial charge in [0.1, 0.15) is 17.3 Å². The van der Waals surface area contributed by atoms with Crippen LogP contribution in [0.3, 0.4) is 0 Å².